The summed E-state index contributed by atoms with van der Waals surface area (Å²) < 4.78 is 11.9. The summed E-state index contributed by atoms with van der Waals surface area (Å²) in [6.07, 6.45) is 6.33. The van der Waals surface area contributed by atoms with E-state index in [2.05, 4.69) is 70.6 Å². The minimum Gasteiger partial charge on any atom is -0.493 e. The molecule has 0 spiro atoms. The average Bonchev–Trinajstić information content (AvgIpc) is 2.93. The summed E-state index contributed by atoms with van der Waals surface area (Å²) in [4.78, 5) is 4.96. The van der Waals surface area contributed by atoms with Crippen molar-refractivity contribution in [3.8, 4) is 0 Å². The van der Waals surface area contributed by atoms with E-state index in [0.29, 0.717) is 12.6 Å². The molecule has 2 aromatic rings. The van der Waals surface area contributed by atoms with Crippen LogP contribution in [0.15, 0.2) is 77.8 Å². The lowest BCUT2D eigenvalue weighted by molar-refractivity contribution is 0.132. The number of ether oxygens (including phenoxy) is 2. The number of methoxy groups -OCH3 is 1. The van der Waals surface area contributed by atoms with Crippen LogP contribution in [0, 0.1) is 0 Å². The molecule has 0 bridgehead atoms. The molecule has 0 saturated carbocycles. The van der Waals surface area contributed by atoms with Crippen LogP contribution in [0.5, 0.6) is 0 Å². The molecule has 1 heterocycles. The maximum Gasteiger partial charge on any atom is 0.156 e. The Morgan fingerprint density at radius 3 is 2.44 bits per heavy atom. The second-order valence-electron chi connectivity index (χ2n) is 9.75. The highest BCUT2D eigenvalue weighted by molar-refractivity contribution is 6.30. The SMILES string of the molecule is COC1=C(OCCN2CCN(c3ccccc3)CC2)CCC(CC[C@@H](C)NCc2ccc(Cl)cc2)=C1. The Labute approximate surface area is 221 Å². The van der Waals surface area contributed by atoms with Gasteiger partial charge in [0.05, 0.1) is 7.11 Å². The number of nitrogens with one attached hydrogen (secondary N) is 1. The summed E-state index contributed by atoms with van der Waals surface area (Å²) in [6, 6.07) is 19.2. The average molecular weight is 510 g/mol. The van der Waals surface area contributed by atoms with Crippen molar-refractivity contribution in [2.75, 3.05) is 51.3 Å². The van der Waals surface area contributed by atoms with E-state index in [1.165, 1.54) is 16.8 Å². The fourth-order valence-corrected chi connectivity index (χ4v) is 4.94. The van der Waals surface area contributed by atoms with Crippen LogP contribution in [-0.2, 0) is 16.0 Å². The van der Waals surface area contributed by atoms with Crippen molar-refractivity contribution < 1.29 is 9.47 Å². The van der Waals surface area contributed by atoms with E-state index in [9.17, 15) is 0 Å². The molecule has 0 unspecified atom stereocenters. The third-order valence-electron chi connectivity index (χ3n) is 7.15. The monoisotopic (exact) mass is 509 g/mol. The number of nitrogens with zero attached hydrogens (tertiary/aromatic N) is 2. The Kier molecular flexibility index (Phi) is 10.1. The molecule has 0 aromatic heterocycles. The lowest BCUT2D eigenvalue weighted by Crippen LogP contribution is -2.47. The Balaban J connectivity index is 1.16. The molecule has 1 saturated heterocycles. The van der Waals surface area contributed by atoms with Gasteiger partial charge < -0.3 is 19.7 Å². The first kappa shape index (κ1) is 26.6. The van der Waals surface area contributed by atoms with E-state index < -0.39 is 0 Å². The number of rotatable bonds is 12. The van der Waals surface area contributed by atoms with Gasteiger partial charge in [0.2, 0.25) is 0 Å². The molecule has 0 radical (unpaired) electrons. The molecule has 5 nitrogen and oxygen atoms in total. The standard InChI is InChI=1S/C30H40ClN3O2/c1-24(32-23-26-10-13-27(31)14-11-26)8-9-25-12-15-29(30(22-25)35-2)36-21-20-33-16-18-34(19-17-33)28-6-4-3-5-7-28/h3-7,10-11,13-14,22,24,32H,8-9,12,15-21,23H2,1-2H3/t24-/m1/s1. The van der Waals surface area contributed by atoms with Crippen molar-refractivity contribution in [1.82, 2.24) is 10.2 Å². The first-order chi connectivity index (χ1) is 17.6. The first-order valence-electron chi connectivity index (χ1n) is 13.2. The second-order valence-corrected chi connectivity index (χ2v) is 10.2. The van der Waals surface area contributed by atoms with Crippen molar-refractivity contribution in [1.29, 1.82) is 0 Å². The number of hydrogen-bond donors (Lipinski definition) is 1. The normalized spacial score (nSPS) is 17.6. The number of allylic oxidation sites excluding steroid dienone is 3. The molecule has 194 valence electrons. The van der Waals surface area contributed by atoms with Crippen molar-refractivity contribution in [3.05, 3.63) is 88.4 Å². The fourth-order valence-electron chi connectivity index (χ4n) is 4.81. The molecule has 4 rings (SSSR count). The summed E-state index contributed by atoms with van der Waals surface area (Å²) in [5.41, 5.74) is 4.02. The fraction of sp³-hybridized carbons (Fsp3) is 0.467. The van der Waals surface area contributed by atoms with E-state index in [4.69, 9.17) is 21.1 Å². The van der Waals surface area contributed by atoms with E-state index in [-0.39, 0.29) is 0 Å². The summed E-state index contributed by atoms with van der Waals surface area (Å²) >= 11 is 5.98. The van der Waals surface area contributed by atoms with Crippen molar-refractivity contribution in [2.45, 2.75) is 45.2 Å². The van der Waals surface area contributed by atoms with Gasteiger partial charge >= 0.3 is 0 Å². The van der Waals surface area contributed by atoms with Crippen LogP contribution in [0.1, 0.15) is 38.2 Å². The third-order valence-corrected chi connectivity index (χ3v) is 7.40. The lowest BCUT2D eigenvalue weighted by Gasteiger charge is -2.36. The Morgan fingerprint density at radius 1 is 0.972 bits per heavy atom. The minimum atomic E-state index is 0.441. The number of para-hydroxylation sites is 1. The van der Waals surface area contributed by atoms with Crippen molar-refractivity contribution in [3.63, 3.8) is 0 Å². The van der Waals surface area contributed by atoms with Gasteiger partial charge in [-0.15, -0.1) is 0 Å². The molecule has 1 atom stereocenters. The summed E-state index contributed by atoms with van der Waals surface area (Å²) in [5, 5.41) is 4.40. The topological polar surface area (TPSA) is 37.0 Å². The highest BCUT2D eigenvalue weighted by Gasteiger charge is 2.19. The zero-order valence-corrected chi connectivity index (χ0v) is 22.5. The maximum atomic E-state index is 6.20. The van der Waals surface area contributed by atoms with Gasteiger partial charge in [0, 0.05) is 62.4 Å². The smallest absolute Gasteiger partial charge is 0.156 e. The first-order valence-corrected chi connectivity index (χ1v) is 13.6. The molecule has 1 aliphatic heterocycles. The van der Waals surface area contributed by atoms with E-state index >= 15 is 0 Å². The molecular weight excluding hydrogens is 470 g/mol. The molecule has 2 aromatic carbocycles. The predicted octanol–water partition coefficient (Wildman–Crippen LogP) is 6.02. The molecule has 36 heavy (non-hydrogen) atoms. The van der Waals surface area contributed by atoms with Gasteiger partial charge in [0.15, 0.2) is 5.76 Å². The van der Waals surface area contributed by atoms with Crippen molar-refractivity contribution in [2.24, 2.45) is 0 Å². The number of anilines is 1. The predicted molar refractivity (Wildman–Crippen MR) is 149 cm³/mol. The number of benzene rings is 2. The summed E-state index contributed by atoms with van der Waals surface area (Å²) in [5.74, 6) is 1.89. The van der Waals surface area contributed by atoms with Crippen LogP contribution in [0.4, 0.5) is 5.69 Å². The Morgan fingerprint density at radius 2 is 1.72 bits per heavy atom. The Bertz CT molecular complexity index is 999. The van der Waals surface area contributed by atoms with Gasteiger partial charge in [-0.2, -0.15) is 0 Å². The largest absolute Gasteiger partial charge is 0.493 e. The zero-order valence-electron chi connectivity index (χ0n) is 21.7. The van der Waals surface area contributed by atoms with Gasteiger partial charge in [0.1, 0.15) is 12.4 Å². The van der Waals surface area contributed by atoms with Crippen molar-refractivity contribution >= 4 is 17.3 Å². The molecule has 1 N–H and O–H groups in total. The van der Waals surface area contributed by atoms with Crippen LogP contribution < -0.4 is 10.2 Å². The highest BCUT2D eigenvalue weighted by atomic mass is 35.5. The second kappa shape index (κ2) is 13.7. The van der Waals surface area contributed by atoms with E-state index in [1.807, 2.05) is 12.1 Å². The van der Waals surface area contributed by atoms with Crippen LogP contribution in [0.3, 0.4) is 0 Å². The molecule has 2 aliphatic rings. The summed E-state index contributed by atoms with van der Waals surface area (Å²) in [6.45, 7) is 9.05. The van der Waals surface area contributed by atoms with Gasteiger partial charge in [-0.05, 0) is 62.1 Å². The molecule has 0 amide bonds. The van der Waals surface area contributed by atoms with Crippen LogP contribution >= 0.6 is 11.6 Å². The van der Waals surface area contributed by atoms with Crippen LogP contribution in [-0.4, -0.2) is 57.4 Å². The van der Waals surface area contributed by atoms with Gasteiger partial charge in [-0.25, -0.2) is 0 Å². The maximum absolute atomic E-state index is 6.20. The van der Waals surface area contributed by atoms with Gasteiger partial charge in [-0.3, -0.25) is 4.90 Å². The zero-order chi connectivity index (χ0) is 25.2. The third kappa shape index (κ3) is 8.02. The quantitative estimate of drug-likeness (QED) is 0.379. The molecule has 6 heteroatoms. The molecule has 1 fully saturated rings. The van der Waals surface area contributed by atoms with E-state index in [1.54, 1.807) is 7.11 Å². The van der Waals surface area contributed by atoms with Crippen LogP contribution in [0.2, 0.25) is 5.02 Å². The summed E-state index contributed by atoms with van der Waals surface area (Å²) in [7, 11) is 1.75. The van der Waals surface area contributed by atoms with Gasteiger partial charge in [0.25, 0.3) is 0 Å². The molecule has 1 aliphatic carbocycles. The highest BCUT2D eigenvalue weighted by Crippen LogP contribution is 2.28. The van der Waals surface area contributed by atoms with Gasteiger partial charge in [-0.1, -0.05) is 47.5 Å². The number of hydrogen-bond acceptors (Lipinski definition) is 5. The number of halogens is 1. The lowest BCUT2D eigenvalue weighted by atomic mass is 9.96. The van der Waals surface area contributed by atoms with Crippen LogP contribution in [0.25, 0.3) is 0 Å². The minimum absolute atomic E-state index is 0.441. The van der Waals surface area contributed by atoms with E-state index in [0.717, 1.165) is 81.5 Å². The Hall–Kier alpha value is -2.47. The molecular formula is C30H40ClN3O2. The number of piperazine rings is 1.